The fraction of sp³-hybridized carbons (Fsp3) is 0.421. The molecule has 1 unspecified atom stereocenters. The zero-order valence-corrected chi connectivity index (χ0v) is 15.0. The average Bonchev–Trinajstić information content (AvgIpc) is 3.24. The van der Waals surface area contributed by atoms with Crippen molar-refractivity contribution in [2.24, 2.45) is 0 Å². The number of rotatable bonds is 3. The number of nitrogens with zero attached hydrogens (tertiary/aromatic N) is 4. The van der Waals surface area contributed by atoms with E-state index in [2.05, 4.69) is 63.0 Å². The Morgan fingerprint density at radius 2 is 2.12 bits per heavy atom. The van der Waals surface area contributed by atoms with Crippen LogP contribution in [-0.2, 0) is 18.4 Å². The lowest BCUT2D eigenvalue weighted by molar-refractivity contribution is 0.194. The van der Waals surface area contributed by atoms with Crippen molar-refractivity contribution in [2.75, 3.05) is 6.54 Å². The molecule has 2 N–H and O–H groups in total. The number of aromatic amines is 2. The molecule has 0 amide bonds. The summed E-state index contributed by atoms with van der Waals surface area (Å²) in [5, 5.41) is 7.71. The highest BCUT2D eigenvalue weighted by Gasteiger charge is 2.32. The van der Waals surface area contributed by atoms with E-state index in [1.54, 1.807) is 6.33 Å². The molecule has 6 heteroatoms. The molecule has 130 valence electrons. The van der Waals surface area contributed by atoms with E-state index in [0.717, 1.165) is 42.3 Å². The highest BCUT2D eigenvalue weighted by atomic mass is 15.2. The Kier molecular flexibility index (Phi) is 3.92. The Balaban J connectivity index is 1.65. The average molecular weight is 336 g/mol. The van der Waals surface area contributed by atoms with E-state index in [1.165, 1.54) is 5.69 Å². The van der Waals surface area contributed by atoms with Gasteiger partial charge in [-0.1, -0.05) is 26.8 Å². The first-order valence-corrected chi connectivity index (χ1v) is 8.74. The summed E-state index contributed by atoms with van der Waals surface area (Å²) in [6, 6.07) is 8.31. The molecule has 0 spiro atoms. The van der Waals surface area contributed by atoms with Crippen LogP contribution < -0.4 is 0 Å². The molecule has 3 aromatic heterocycles. The van der Waals surface area contributed by atoms with Gasteiger partial charge in [0.2, 0.25) is 0 Å². The van der Waals surface area contributed by atoms with Crippen LogP contribution in [0, 0.1) is 0 Å². The number of nitrogens with one attached hydrogen (secondary N) is 2. The smallest absolute Gasteiger partial charge is 0.0971 e. The summed E-state index contributed by atoms with van der Waals surface area (Å²) in [4.78, 5) is 14.9. The van der Waals surface area contributed by atoms with Crippen LogP contribution in [0.15, 0.2) is 36.8 Å². The monoisotopic (exact) mass is 336 g/mol. The van der Waals surface area contributed by atoms with Gasteiger partial charge >= 0.3 is 0 Å². The number of pyridine rings is 1. The first-order chi connectivity index (χ1) is 12.0. The molecule has 4 heterocycles. The second-order valence-corrected chi connectivity index (χ2v) is 7.67. The van der Waals surface area contributed by atoms with E-state index in [-0.39, 0.29) is 11.5 Å². The molecule has 1 aliphatic rings. The van der Waals surface area contributed by atoms with E-state index in [0.29, 0.717) is 0 Å². The fourth-order valence-corrected chi connectivity index (χ4v) is 3.41. The Bertz CT molecular complexity index is 842. The van der Waals surface area contributed by atoms with Crippen molar-refractivity contribution in [3.8, 4) is 0 Å². The molecule has 6 nitrogen and oxygen atoms in total. The number of hydrogen-bond acceptors (Lipinski definition) is 4. The molecular formula is C19H24N6. The first kappa shape index (κ1) is 16.0. The molecule has 1 atom stereocenters. The molecule has 0 fully saturated rings. The van der Waals surface area contributed by atoms with Gasteiger partial charge in [0.25, 0.3) is 0 Å². The van der Waals surface area contributed by atoms with E-state index >= 15 is 0 Å². The number of fused-ring (bicyclic) bond motifs is 1. The summed E-state index contributed by atoms with van der Waals surface area (Å²) >= 11 is 0. The summed E-state index contributed by atoms with van der Waals surface area (Å²) in [7, 11) is 0. The minimum absolute atomic E-state index is 0.0480. The van der Waals surface area contributed by atoms with E-state index in [1.807, 2.05) is 18.3 Å². The SMILES string of the molecule is CC(C)(C)c1cc(CN2CCc3[nH]cnc3C2c2ccccn2)[nH]n1. The van der Waals surface area contributed by atoms with Crippen molar-refractivity contribution < 1.29 is 0 Å². The van der Waals surface area contributed by atoms with E-state index < -0.39 is 0 Å². The molecule has 0 radical (unpaired) electrons. The number of imidazole rings is 1. The molecular weight excluding hydrogens is 312 g/mol. The second kappa shape index (κ2) is 6.11. The zero-order valence-electron chi connectivity index (χ0n) is 15.0. The standard InChI is InChI=1S/C19H24N6/c1-19(2,3)16-10-13(23-24-16)11-25-9-7-14-17(22-12-21-14)18(25)15-6-4-5-8-20-15/h4-6,8,10,12,18H,7,9,11H2,1-3H3,(H,21,22)(H,23,24). The van der Waals surface area contributed by atoms with Gasteiger partial charge in [-0.3, -0.25) is 15.0 Å². The molecule has 4 rings (SSSR count). The molecule has 0 aliphatic carbocycles. The minimum Gasteiger partial charge on any atom is -0.348 e. The normalized spacial score (nSPS) is 18.3. The molecule has 0 bridgehead atoms. The topological polar surface area (TPSA) is 73.5 Å². The van der Waals surface area contributed by atoms with Crippen LogP contribution in [0.5, 0.6) is 0 Å². The van der Waals surface area contributed by atoms with Crippen LogP contribution in [0.25, 0.3) is 0 Å². The third-order valence-corrected chi connectivity index (χ3v) is 4.77. The van der Waals surface area contributed by atoms with E-state index in [9.17, 15) is 0 Å². The van der Waals surface area contributed by atoms with Gasteiger partial charge in [-0.15, -0.1) is 0 Å². The molecule has 0 aromatic carbocycles. The second-order valence-electron chi connectivity index (χ2n) is 7.67. The lowest BCUT2D eigenvalue weighted by atomic mass is 9.92. The highest BCUT2D eigenvalue weighted by molar-refractivity contribution is 5.29. The van der Waals surface area contributed by atoms with E-state index in [4.69, 9.17) is 0 Å². The quantitative estimate of drug-likeness (QED) is 0.771. The van der Waals surface area contributed by atoms with Gasteiger partial charge in [-0.2, -0.15) is 5.10 Å². The van der Waals surface area contributed by atoms with Crippen LogP contribution in [-0.4, -0.2) is 36.6 Å². The molecule has 1 aliphatic heterocycles. The van der Waals surface area contributed by atoms with Gasteiger partial charge in [0.1, 0.15) is 0 Å². The van der Waals surface area contributed by atoms with Gasteiger partial charge in [0.15, 0.2) is 0 Å². The van der Waals surface area contributed by atoms with Crippen LogP contribution in [0.2, 0.25) is 0 Å². The lowest BCUT2D eigenvalue weighted by Gasteiger charge is -2.34. The van der Waals surface area contributed by atoms with Crippen molar-refractivity contribution in [1.29, 1.82) is 0 Å². The predicted octanol–water partition coefficient (Wildman–Crippen LogP) is 2.97. The number of hydrogen-bond donors (Lipinski definition) is 2. The third-order valence-electron chi connectivity index (χ3n) is 4.77. The van der Waals surface area contributed by atoms with Gasteiger partial charge in [0, 0.05) is 42.5 Å². The number of H-pyrrole nitrogens is 2. The minimum atomic E-state index is 0.0480. The van der Waals surface area contributed by atoms with Gasteiger partial charge in [0.05, 0.1) is 29.5 Å². The van der Waals surface area contributed by atoms with Gasteiger partial charge < -0.3 is 4.98 Å². The Morgan fingerprint density at radius 3 is 2.84 bits per heavy atom. The van der Waals surface area contributed by atoms with Crippen molar-refractivity contribution >= 4 is 0 Å². The third kappa shape index (κ3) is 3.09. The Hall–Kier alpha value is -2.47. The van der Waals surface area contributed by atoms with Crippen molar-refractivity contribution in [2.45, 2.75) is 45.2 Å². The Morgan fingerprint density at radius 1 is 1.24 bits per heavy atom. The van der Waals surface area contributed by atoms with Crippen molar-refractivity contribution in [1.82, 2.24) is 30.0 Å². The highest BCUT2D eigenvalue weighted by Crippen LogP contribution is 2.33. The maximum absolute atomic E-state index is 4.60. The lowest BCUT2D eigenvalue weighted by Crippen LogP contribution is -2.36. The molecule has 0 saturated heterocycles. The molecule has 3 aromatic rings. The summed E-state index contributed by atoms with van der Waals surface area (Å²) in [5.74, 6) is 0. The van der Waals surface area contributed by atoms with Crippen LogP contribution >= 0.6 is 0 Å². The Labute approximate surface area is 147 Å². The van der Waals surface area contributed by atoms with Crippen molar-refractivity contribution in [3.63, 3.8) is 0 Å². The van der Waals surface area contributed by atoms with Gasteiger partial charge in [-0.05, 0) is 18.2 Å². The maximum atomic E-state index is 4.60. The summed E-state index contributed by atoms with van der Waals surface area (Å²) in [6.07, 6.45) is 4.61. The fourth-order valence-electron chi connectivity index (χ4n) is 3.41. The summed E-state index contributed by atoms with van der Waals surface area (Å²) < 4.78 is 0. The van der Waals surface area contributed by atoms with Gasteiger partial charge in [-0.25, -0.2) is 4.98 Å². The summed E-state index contributed by atoms with van der Waals surface area (Å²) in [6.45, 7) is 8.30. The van der Waals surface area contributed by atoms with Crippen LogP contribution in [0.3, 0.4) is 0 Å². The van der Waals surface area contributed by atoms with Crippen LogP contribution in [0.4, 0.5) is 0 Å². The summed E-state index contributed by atoms with van der Waals surface area (Å²) in [5.41, 5.74) is 5.60. The molecule has 0 saturated carbocycles. The van der Waals surface area contributed by atoms with Crippen molar-refractivity contribution in [3.05, 3.63) is 65.3 Å². The van der Waals surface area contributed by atoms with Crippen LogP contribution in [0.1, 0.15) is 55.3 Å². The number of aromatic nitrogens is 5. The predicted molar refractivity (Wildman–Crippen MR) is 96.1 cm³/mol. The maximum Gasteiger partial charge on any atom is 0.0971 e. The largest absolute Gasteiger partial charge is 0.348 e. The first-order valence-electron chi connectivity index (χ1n) is 8.74. The zero-order chi connectivity index (χ0) is 17.4. The molecule has 25 heavy (non-hydrogen) atoms.